The largest absolute Gasteiger partial charge is 0.472 e. The van der Waals surface area contributed by atoms with Gasteiger partial charge in [-0.05, 0) is 48.5 Å². The van der Waals surface area contributed by atoms with E-state index in [0.29, 0.717) is 5.02 Å². The summed E-state index contributed by atoms with van der Waals surface area (Å²) in [7, 11) is 0. The second-order valence-electron chi connectivity index (χ2n) is 6.02. The molecule has 156 valence electrons. The van der Waals surface area contributed by atoms with Crippen molar-refractivity contribution in [2.24, 2.45) is 0 Å². The van der Waals surface area contributed by atoms with Gasteiger partial charge in [0, 0.05) is 15.6 Å². The van der Waals surface area contributed by atoms with Crippen LogP contribution < -0.4 is 10.6 Å². The summed E-state index contributed by atoms with van der Waals surface area (Å²) in [5.41, 5.74) is -1.37. The molecule has 0 fully saturated rings. The summed E-state index contributed by atoms with van der Waals surface area (Å²) in [5.74, 6) is -1.30. The number of nitrogens with one attached hydrogen (secondary N) is 2. The lowest BCUT2D eigenvalue weighted by Gasteiger charge is -2.15. The molecule has 2 amide bonds. The second-order valence-corrected chi connectivity index (χ2v) is 7.50. The van der Waals surface area contributed by atoms with Crippen molar-refractivity contribution in [3.63, 3.8) is 0 Å². The number of thioether (sulfide) groups is 1. The molecule has 0 bridgehead atoms. The normalized spacial score (nSPS) is 11.2. The minimum absolute atomic E-state index is 0.0675. The molecule has 0 aliphatic carbocycles. The Balaban J connectivity index is 1.71. The third-order valence-electron chi connectivity index (χ3n) is 3.82. The number of rotatable bonds is 6. The van der Waals surface area contributed by atoms with E-state index >= 15 is 0 Å². The van der Waals surface area contributed by atoms with E-state index in [1.807, 2.05) is 0 Å². The maximum atomic E-state index is 13.5. The number of benzene rings is 2. The van der Waals surface area contributed by atoms with Gasteiger partial charge in [0.2, 0.25) is 5.91 Å². The van der Waals surface area contributed by atoms with Gasteiger partial charge in [0.05, 0.1) is 28.8 Å². The van der Waals surface area contributed by atoms with E-state index in [-0.39, 0.29) is 17.0 Å². The monoisotopic (exact) mass is 454 g/mol. The summed E-state index contributed by atoms with van der Waals surface area (Å²) in [6.45, 7) is 0. The number of anilines is 2. The minimum atomic E-state index is -4.73. The summed E-state index contributed by atoms with van der Waals surface area (Å²) in [5, 5.41) is 5.18. The Hall–Kier alpha value is -2.91. The number of hydrogen-bond donors (Lipinski definition) is 2. The molecule has 30 heavy (non-hydrogen) atoms. The highest BCUT2D eigenvalue weighted by molar-refractivity contribution is 8.00. The highest BCUT2D eigenvalue weighted by Crippen LogP contribution is 2.37. The van der Waals surface area contributed by atoms with E-state index in [2.05, 4.69) is 10.6 Å². The topological polar surface area (TPSA) is 71.3 Å². The van der Waals surface area contributed by atoms with Gasteiger partial charge in [0.15, 0.2) is 0 Å². The maximum absolute atomic E-state index is 13.5. The molecule has 0 aliphatic rings. The molecule has 0 radical (unpaired) electrons. The molecule has 0 saturated heterocycles. The van der Waals surface area contributed by atoms with Crippen LogP contribution in [-0.2, 0) is 11.0 Å². The molecule has 5 nitrogen and oxygen atoms in total. The molecule has 1 aromatic heterocycles. The lowest BCUT2D eigenvalue weighted by Crippen LogP contribution is -2.19. The van der Waals surface area contributed by atoms with Gasteiger partial charge in [-0.3, -0.25) is 9.59 Å². The second kappa shape index (κ2) is 9.27. The molecule has 3 rings (SSSR count). The molecule has 2 aromatic carbocycles. The molecule has 3 aromatic rings. The highest BCUT2D eigenvalue weighted by atomic mass is 35.5. The van der Waals surface area contributed by atoms with Crippen molar-refractivity contribution in [3.05, 3.63) is 77.2 Å². The maximum Gasteiger partial charge on any atom is 0.418 e. The first-order chi connectivity index (χ1) is 14.2. The van der Waals surface area contributed by atoms with Crippen LogP contribution in [0.15, 0.2) is 70.4 Å². The average Bonchev–Trinajstić information content (AvgIpc) is 3.23. The molecule has 0 unspecified atom stereocenters. The van der Waals surface area contributed by atoms with Crippen LogP contribution in [0, 0.1) is 0 Å². The van der Waals surface area contributed by atoms with Crippen molar-refractivity contribution in [2.45, 2.75) is 11.1 Å². The lowest BCUT2D eigenvalue weighted by atomic mass is 10.1. The Morgan fingerprint density at radius 2 is 1.77 bits per heavy atom. The first-order valence-corrected chi connectivity index (χ1v) is 9.82. The van der Waals surface area contributed by atoms with Crippen molar-refractivity contribution >= 4 is 46.6 Å². The summed E-state index contributed by atoms with van der Waals surface area (Å²) in [6, 6.07) is 11.2. The van der Waals surface area contributed by atoms with Crippen molar-refractivity contribution in [3.8, 4) is 0 Å². The Labute approximate surface area is 178 Å². The van der Waals surface area contributed by atoms with E-state index in [9.17, 15) is 22.8 Å². The number of amides is 2. The van der Waals surface area contributed by atoms with Gasteiger partial charge in [-0.25, -0.2) is 0 Å². The zero-order valence-corrected chi connectivity index (χ0v) is 16.7. The van der Waals surface area contributed by atoms with Crippen molar-refractivity contribution in [1.82, 2.24) is 0 Å². The Morgan fingerprint density at radius 3 is 2.40 bits per heavy atom. The van der Waals surface area contributed by atoms with E-state index in [1.165, 1.54) is 24.7 Å². The van der Waals surface area contributed by atoms with Crippen molar-refractivity contribution < 1.29 is 27.2 Å². The first-order valence-electron chi connectivity index (χ1n) is 8.45. The smallest absolute Gasteiger partial charge is 0.418 e. The molecule has 0 spiro atoms. The molecule has 10 heteroatoms. The fraction of sp³-hybridized carbons (Fsp3) is 0.100. The van der Waals surface area contributed by atoms with Crippen molar-refractivity contribution in [1.29, 1.82) is 0 Å². The van der Waals surface area contributed by atoms with Gasteiger partial charge in [0.25, 0.3) is 5.91 Å². The Bertz CT molecular complexity index is 1040. The van der Waals surface area contributed by atoms with Crippen LogP contribution in [0.2, 0.25) is 5.02 Å². The fourth-order valence-corrected chi connectivity index (χ4v) is 3.25. The molecule has 0 atom stereocenters. The van der Waals surface area contributed by atoms with Gasteiger partial charge >= 0.3 is 6.18 Å². The van der Waals surface area contributed by atoms with Crippen LogP contribution in [0.25, 0.3) is 0 Å². The number of carbonyl (C=O) groups excluding carboxylic acids is 2. The number of furan rings is 1. The lowest BCUT2D eigenvalue weighted by molar-refractivity contribution is -0.136. The molecule has 0 aliphatic heterocycles. The quantitative estimate of drug-likeness (QED) is 0.452. The predicted octanol–water partition coefficient (Wildman–Crippen LogP) is 5.93. The third kappa shape index (κ3) is 5.80. The van der Waals surface area contributed by atoms with Crippen LogP contribution in [0.3, 0.4) is 0 Å². The van der Waals surface area contributed by atoms with Gasteiger partial charge in [-0.15, -0.1) is 11.8 Å². The Morgan fingerprint density at radius 1 is 1.03 bits per heavy atom. The van der Waals surface area contributed by atoms with E-state index in [0.717, 1.165) is 28.8 Å². The highest BCUT2D eigenvalue weighted by Gasteiger charge is 2.34. The summed E-state index contributed by atoms with van der Waals surface area (Å²) in [4.78, 5) is 24.9. The van der Waals surface area contributed by atoms with Crippen LogP contribution in [0.5, 0.6) is 0 Å². The summed E-state index contributed by atoms with van der Waals surface area (Å²) >= 11 is 6.95. The van der Waals surface area contributed by atoms with E-state index in [4.69, 9.17) is 16.0 Å². The Kier molecular flexibility index (Phi) is 6.73. The molecular weight excluding hydrogens is 441 g/mol. The third-order valence-corrected chi connectivity index (χ3v) is 5.09. The number of carbonyl (C=O) groups is 2. The molecule has 2 N–H and O–H groups in total. The zero-order chi connectivity index (χ0) is 21.7. The summed E-state index contributed by atoms with van der Waals surface area (Å²) in [6.07, 6.45) is -2.29. The number of halogens is 4. The number of alkyl halides is 3. The summed E-state index contributed by atoms with van der Waals surface area (Å²) < 4.78 is 45.2. The molecule has 1 heterocycles. The van der Waals surface area contributed by atoms with Crippen molar-refractivity contribution in [2.75, 3.05) is 16.4 Å². The standard InChI is InChI=1S/C20H14ClF3N2O3S/c21-13-1-4-15(5-2-13)30-11-18(27)26-17-6-3-14(9-16(17)20(22,23)24)25-19(28)12-7-8-29-10-12/h1-10H,11H2,(H,25,28)(H,26,27). The number of hydrogen-bond acceptors (Lipinski definition) is 4. The average molecular weight is 455 g/mol. The van der Waals surface area contributed by atoms with Crippen LogP contribution >= 0.6 is 23.4 Å². The van der Waals surface area contributed by atoms with Gasteiger partial charge in [0.1, 0.15) is 6.26 Å². The fourth-order valence-electron chi connectivity index (χ4n) is 2.43. The van der Waals surface area contributed by atoms with E-state index < -0.39 is 29.2 Å². The minimum Gasteiger partial charge on any atom is -0.472 e. The molecule has 0 saturated carbocycles. The zero-order valence-electron chi connectivity index (χ0n) is 15.1. The first kappa shape index (κ1) is 21.8. The molecular formula is C20H14ClF3N2O3S. The van der Waals surface area contributed by atoms with E-state index in [1.54, 1.807) is 24.3 Å². The van der Waals surface area contributed by atoms with Gasteiger partial charge in [-0.2, -0.15) is 13.2 Å². The van der Waals surface area contributed by atoms with Gasteiger partial charge in [-0.1, -0.05) is 11.6 Å². The SMILES string of the molecule is O=C(CSc1ccc(Cl)cc1)Nc1ccc(NC(=O)c2ccoc2)cc1C(F)(F)F. The van der Waals surface area contributed by atoms with Gasteiger partial charge < -0.3 is 15.1 Å². The predicted molar refractivity (Wildman–Crippen MR) is 109 cm³/mol. The van der Waals surface area contributed by atoms with Crippen LogP contribution in [0.1, 0.15) is 15.9 Å². The van der Waals surface area contributed by atoms with Crippen LogP contribution in [0.4, 0.5) is 24.5 Å². The van der Waals surface area contributed by atoms with Crippen LogP contribution in [-0.4, -0.2) is 17.6 Å².